The Labute approximate surface area is 158 Å². The van der Waals surface area contributed by atoms with E-state index >= 15 is 0 Å². The Morgan fingerprint density at radius 2 is 2.00 bits per heavy atom. The minimum atomic E-state index is -0.418. The van der Waals surface area contributed by atoms with Crippen LogP contribution in [0.2, 0.25) is 0 Å². The molecule has 0 unspecified atom stereocenters. The maximum atomic E-state index is 12.5. The van der Waals surface area contributed by atoms with E-state index in [1.807, 2.05) is 25.3 Å². The van der Waals surface area contributed by atoms with Crippen LogP contribution >= 0.6 is 0 Å². The molecule has 0 aliphatic heterocycles. The summed E-state index contributed by atoms with van der Waals surface area (Å²) in [7, 11) is 1.35. The van der Waals surface area contributed by atoms with Gasteiger partial charge in [-0.25, -0.2) is 4.79 Å². The van der Waals surface area contributed by atoms with Crippen LogP contribution in [0.25, 0.3) is 10.9 Å². The second-order valence-corrected chi connectivity index (χ2v) is 6.54. The zero-order valence-electron chi connectivity index (χ0n) is 15.9. The number of methoxy groups -OCH3 is 1. The average Bonchev–Trinajstić information content (AvgIpc) is 3.25. The molecule has 6 heteroatoms. The van der Waals surface area contributed by atoms with Crippen molar-refractivity contribution in [2.45, 2.75) is 33.1 Å². The van der Waals surface area contributed by atoms with Crippen molar-refractivity contribution in [1.82, 2.24) is 15.3 Å². The van der Waals surface area contributed by atoms with E-state index < -0.39 is 5.97 Å². The molecule has 3 aromatic rings. The molecule has 0 aliphatic rings. The van der Waals surface area contributed by atoms with Crippen LogP contribution in [-0.4, -0.2) is 35.5 Å². The van der Waals surface area contributed by atoms with E-state index in [-0.39, 0.29) is 5.91 Å². The number of esters is 1. The summed E-state index contributed by atoms with van der Waals surface area (Å²) in [6.45, 7) is 4.26. The van der Waals surface area contributed by atoms with Gasteiger partial charge in [-0.1, -0.05) is 25.1 Å². The van der Waals surface area contributed by atoms with Gasteiger partial charge in [0.25, 0.3) is 5.91 Å². The predicted molar refractivity (Wildman–Crippen MR) is 105 cm³/mol. The van der Waals surface area contributed by atoms with E-state index in [1.165, 1.54) is 18.1 Å². The first kappa shape index (κ1) is 18.8. The monoisotopic (exact) mass is 367 g/mol. The maximum Gasteiger partial charge on any atom is 0.339 e. The summed E-state index contributed by atoms with van der Waals surface area (Å²) >= 11 is 0. The fourth-order valence-electron chi connectivity index (χ4n) is 3.44. The third-order valence-electron chi connectivity index (χ3n) is 4.88. The topological polar surface area (TPSA) is 87.0 Å². The van der Waals surface area contributed by atoms with E-state index in [9.17, 15) is 9.59 Å². The number of ether oxygens (including phenoxy) is 1. The summed E-state index contributed by atoms with van der Waals surface area (Å²) in [6.07, 6.45) is 4.36. The number of hydrogen-bond acceptors (Lipinski definition) is 3. The van der Waals surface area contributed by atoms with Crippen LogP contribution in [0.3, 0.4) is 0 Å². The molecule has 0 atom stereocenters. The average molecular weight is 367 g/mol. The number of carbonyl (C=O) groups excluding carboxylic acids is 2. The summed E-state index contributed by atoms with van der Waals surface area (Å²) in [6, 6.07) is 8.19. The van der Waals surface area contributed by atoms with Gasteiger partial charge in [-0.15, -0.1) is 0 Å². The van der Waals surface area contributed by atoms with Crippen LogP contribution < -0.4 is 5.32 Å². The van der Waals surface area contributed by atoms with Crippen LogP contribution in [-0.2, 0) is 17.6 Å². The van der Waals surface area contributed by atoms with E-state index in [0.717, 1.165) is 24.1 Å². The predicted octanol–water partition coefficient (Wildman–Crippen LogP) is 3.52. The first-order valence-electron chi connectivity index (χ1n) is 9.19. The van der Waals surface area contributed by atoms with Crippen molar-refractivity contribution in [3.8, 4) is 0 Å². The second-order valence-electron chi connectivity index (χ2n) is 6.54. The number of amides is 1. The molecule has 142 valence electrons. The fourth-order valence-corrected chi connectivity index (χ4v) is 3.44. The summed E-state index contributed by atoms with van der Waals surface area (Å²) in [5.74, 6) is -0.615. The van der Waals surface area contributed by atoms with Gasteiger partial charge in [0, 0.05) is 29.3 Å². The van der Waals surface area contributed by atoms with Gasteiger partial charge in [0.2, 0.25) is 0 Å². The molecular weight excluding hydrogens is 342 g/mol. The molecule has 1 amide bonds. The van der Waals surface area contributed by atoms with Gasteiger partial charge in [-0.05, 0) is 43.4 Å². The zero-order valence-corrected chi connectivity index (χ0v) is 15.9. The molecule has 0 bridgehead atoms. The molecule has 6 nitrogen and oxygen atoms in total. The van der Waals surface area contributed by atoms with Crippen LogP contribution in [0, 0.1) is 6.92 Å². The van der Waals surface area contributed by atoms with E-state index in [2.05, 4.69) is 27.4 Å². The molecule has 3 rings (SSSR count). The van der Waals surface area contributed by atoms with Crippen molar-refractivity contribution in [3.63, 3.8) is 0 Å². The van der Waals surface area contributed by atoms with E-state index in [1.54, 1.807) is 6.92 Å². The highest BCUT2D eigenvalue weighted by Gasteiger charge is 2.23. The minimum absolute atomic E-state index is 0.198. The minimum Gasteiger partial charge on any atom is -0.465 e. The third kappa shape index (κ3) is 3.74. The number of hydrogen-bond donors (Lipinski definition) is 3. The number of aryl methyl sites for hydroxylation is 2. The lowest BCUT2D eigenvalue weighted by Crippen LogP contribution is -2.25. The molecule has 0 saturated carbocycles. The standard InChI is InChI=1S/C21H25N3O3/c1-4-16-18(21(26)27-3)13(2)19(24-16)20(25)22-11-7-8-14-12-23-17-10-6-5-9-15(14)17/h5-6,9-10,12,23-24H,4,7-8,11H2,1-3H3,(H,22,25). The third-order valence-corrected chi connectivity index (χ3v) is 4.88. The van der Waals surface area contributed by atoms with Gasteiger partial charge in [0.1, 0.15) is 5.69 Å². The molecule has 0 spiro atoms. The number of nitrogens with one attached hydrogen (secondary N) is 3. The van der Waals surface area contributed by atoms with Crippen molar-refractivity contribution < 1.29 is 14.3 Å². The Bertz CT molecular complexity index is 968. The molecule has 0 aliphatic carbocycles. The van der Waals surface area contributed by atoms with Gasteiger partial charge in [-0.2, -0.15) is 0 Å². The highest BCUT2D eigenvalue weighted by Crippen LogP contribution is 2.21. The first-order valence-corrected chi connectivity index (χ1v) is 9.19. The summed E-state index contributed by atoms with van der Waals surface area (Å²) in [4.78, 5) is 30.8. The molecule has 1 aromatic carbocycles. The molecule has 27 heavy (non-hydrogen) atoms. The highest BCUT2D eigenvalue weighted by atomic mass is 16.5. The van der Waals surface area contributed by atoms with Crippen molar-refractivity contribution in [2.24, 2.45) is 0 Å². The molecule has 2 aromatic heterocycles. The number of H-pyrrole nitrogens is 2. The van der Waals surface area contributed by atoms with Gasteiger partial charge in [0.05, 0.1) is 12.7 Å². The van der Waals surface area contributed by atoms with Gasteiger partial charge < -0.3 is 20.0 Å². The highest BCUT2D eigenvalue weighted by molar-refractivity contribution is 6.00. The molecule has 2 heterocycles. The molecule has 0 fully saturated rings. The molecule has 0 radical (unpaired) electrons. The van der Waals surface area contributed by atoms with Gasteiger partial charge in [0.15, 0.2) is 0 Å². The Morgan fingerprint density at radius 3 is 2.74 bits per heavy atom. The number of fused-ring (bicyclic) bond motifs is 1. The van der Waals surface area contributed by atoms with Gasteiger partial charge in [-0.3, -0.25) is 4.79 Å². The van der Waals surface area contributed by atoms with E-state index in [0.29, 0.717) is 29.8 Å². The van der Waals surface area contributed by atoms with Gasteiger partial charge >= 0.3 is 5.97 Å². The van der Waals surface area contributed by atoms with Crippen molar-refractivity contribution in [1.29, 1.82) is 0 Å². The first-order chi connectivity index (χ1) is 13.1. The Morgan fingerprint density at radius 1 is 1.22 bits per heavy atom. The number of para-hydroxylation sites is 1. The van der Waals surface area contributed by atoms with Crippen molar-refractivity contribution in [2.75, 3.05) is 13.7 Å². The molecular formula is C21H25N3O3. The maximum absolute atomic E-state index is 12.5. The Hall–Kier alpha value is -3.02. The summed E-state index contributed by atoms with van der Waals surface area (Å²) < 4.78 is 4.83. The number of benzene rings is 1. The van der Waals surface area contributed by atoms with E-state index in [4.69, 9.17) is 4.74 Å². The lowest BCUT2D eigenvalue weighted by atomic mass is 10.1. The quantitative estimate of drug-likeness (QED) is 0.441. The van der Waals surface area contributed by atoms with Crippen molar-refractivity contribution >= 4 is 22.8 Å². The van der Waals surface area contributed by atoms with Crippen LogP contribution in [0.1, 0.15) is 51.0 Å². The lowest BCUT2D eigenvalue weighted by molar-refractivity contribution is 0.0599. The number of aromatic amines is 2. The second kappa shape index (κ2) is 8.12. The Kier molecular flexibility index (Phi) is 5.64. The van der Waals surface area contributed by atoms with Crippen molar-refractivity contribution in [3.05, 3.63) is 58.5 Å². The van der Waals surface area contributed by atoms with Crippen LogP contribution in [0.15, 0.2) is 30.5 Å². The molecule has 0 saturated heterocycles. The number of carbonyl (C=O) groups is 2. The normalized spacial score (nSPS) is 10.9. The SMILES string of the molecule is CCc1[nH]c(C(=O)NCCCc2c[nH]c3ccccc23)c(C)c1C(=O)OC. The molecule has 3 N–H and O–H groups in total. The fraction of sp³-hybridized carbons (Fsp3) is 0.333. The summed E-state index contributed by atoms with van der Waals surface area (Å²) in [5, 5.41) is 4.16. The lowest BCUT2D eigenvalue weighted by Gasteiger charge is -2.05. The largest absolute Gasteiger partial charge is 0.465 e. The number of rotatable bonds is 7. The van der Waals surface area contributed by atoms with Crippen LogP contribution in [0.5, 0.6) is 0 Å². The Balaban J connectivity index is 1.61. The summed E-state index contributed by atoms with van der Waals surface area (Å²) in [5.41, 5.74) is 4.62. The smallest absolute Gasteiger partial charge is 0.339 e. The van der Waals surface area contributed by atoms with Crippen LogP contribution in [0.4, 0.5) is 0 Å². The zero-order chi connectivity index (χ0) is 19.4. The number of aromatic nitrogens is 2.